The molecule has 0 radical (unpaired) electrons. The summed E-state index contributed by atoms with van der Waals surface area (Å²) in [5.41, 5.74) is 4.45. The van der Waals surface area contributed by atoms with Crippen molar-refractivity contribution in [3.8, 4) is 5.75 Å². The first-order chi connectivity index (χ1) is 11.9. The van der Waals surface area contributed by atoms with E-state index in [1.807, 2.05) is 32.0 Å². The number of nitrogens with zero attached hydrogens (tertiary/aromatic N) is 2. The number of carbonyl (C=O) groups is 1. The van der Waals surface area contributed by atoms with E-state index < -0.39 is 10.8 Å². The molecule has 0 heterocycles. The van der Waals surface area contributed by atoms with Gasteiger partial charge in [-0.25, -0.2) is 5.43 Å². The van der Waals surface area contributed by atoms with E-state index in [0.717, 1.165) is 11.1 Å². The molecule has 2 aromatic carbocycles. The SMILES string of the molecule is Cc1ccc(C)c(OCC(=O)N/N=C\c2cc([N+](=O)[O-])ccc2Cl)c1. The van der Waals surface area contributed by atoms with Crippen molar-refractivity contribution in [2.24, 2.45) is 5.10 Å². The van der Waals surface area contributed by atoms with Gasteiger partial charge in [-0.15, -0.1) is 0 Å². The Hall–Kier alpha value is -2.93. The molecule has 25 heavy (non-hydrogen) atoms. The van der Waals surface area contributed by atoms with Crippen molar-refractivity contribution >= 4 is 29.4 Å². The smallest absolute Gasteiger partial charge is 0.277 e. The molecule has 0 aliphatic rings. The number of rotatable bonds is 6. The highest BCUT2D eigenvalue weighted by Gasteiger charge is 2.09. The van der Waals surface area contributed by atoms with Crippen LogP contribution in [0.5, 0.6) is 5.75 Å². The molecule has 0 saturated heterocycles. The van der Waals surface area contributed by atoms with Crippen LogP contribution in [-0.4, -0.2) is 23.7 Å². The van der Waals surface area contributed by atoms with Gasteiger partial charge in [0.15, 0.2) is 6.61 Å². The summed E-state index contributed by atoms with van der Waals surface area (Å²) in [6, 6.07) is 9.66. The van der Waals surface area contributed by atoms with Crippen LogP contribution in [0.15, 0.2) is 41.5 Å². The van der Waals surface area contributed by atoms with Gasteiger partial charge >= 0.3 is 0 Å². The van der Waals surface area contributed by atoms with Gasteiger partial charge in [-0.2, -0.15) is 5.10 Å². The number of non-ortho nitro benzene ring substituents is 1. The Morgan fingerprint density at radius 1 is 1.32 bits per heavy atom. The number of halogens is 1. The van der Waals surface area contributed by atoms with Crippen molar-refractivity contribution < 1.29 is 14.5 Å². The van der Waals surface area contributed by atoms with Crippen LogP contribution in [0.25, 0.3) is 0 Å². The monoisotopic (exact) mass is 361 g/mol. The first-order valence-electron chi connectivity index (χ1n) is 7.32. The Morgan fingerprint density at radius 3 is 2.80 bits per heavy atom. The molecule has 7 nitrogen and oxygen atoms in total. The molecule has 2 rings (SSSR count). The molecule has 8 heteroatoms. The molecular weight excluding hydrogens is 346 g/mol. The molecule has 130 valence electrons. The lowest BCUT2D eigenvalue weighted by molar-refractivity contribution is -0.384. The predicted molar refractivity (Wildman–Crippen MR) is 95.3 cm³/mol. The summed E-state index contributed by atoms with van der Waals surface area (Å²) in [7, 11) is 0. The second-order valence-corrected chi connectivity index (χ2v) is 5.72. The molecule has 0 aliphatic heterocycles. The van der Waals surface area contributed by atoms with E-state index in [9.17, 15) is 14.9 Å². The van der Waals surface area contributed by atoms with Gasteiger partial charge in [0, 0.05) is 22.7 Å². The van der Waals surface area contributed by atoms with Crippen LogP contribution in [0.1, 0.15) is 16.7 Å². The number of amides is 1. The molecule has 0 fully saturated rings. The molecule has 0 atom stereocenters. The summed E-state index contributed by atoms with van der Waals surface area (Å²) in [5, 5.41) is 14.8. The number of nitro groups is 1. The van der Waals surface area contributed by atoms with Crippen LogP contribution in [0.4, 0.5) is 5.69 Å². The van der Waals surface area contributed by atoms with E-state index in [1.54, 1.807) is 0 Å². The minimum absolute atomic E-state index is 0.115. The first-order valence-corrected chi connectivity index (χ1v) is 7.70. The van der Waals surface area contributed by atoms with Gasteiger partial charge in [0.1, 0.15) is 5.75 Å². The van der Waals surface area contributed by atoms with Gasteiger partial charge < -0.3 is 4.74 Å². The molecule has 1 N–H and O–H groups in total. The maximum absolute atomic E-state index is 11.8. The molecule has 0 unspecified atom stereocenters. The molecule has 2 aromatic rings. The fourth-order valence-electron chi connectivity index (χ4n) is 1.96. The van der Waals surface area contributed by atoms with Crippen LogP contribution in [0.3, 0.4) is 0 Å². The quantitative estimate of drug-likeness (QED) is 0.484. The molecule has 0 aliphatic carbocycles. The largest absolute Gasteiger partial charge is 0.483 e. The number of hydrogen-bond acceptors (Lipinski definition) is 5. The second-order valence-electron chi connectivity index (χ2n) is 5.31. The van der Waals surface area contributed by atoms with Crippen LogP contribution in [0.2, 0.25) is 5.02 Å². The lowest BCUT2D eigenvalue weighted by atomic mass is 10.1. The number of nitrogens with one attached hydrogen (secondary N) is 1. The van der Waals surface area contributed by atoms with Crippen molar-refractivity contribution in [2.45, 2.75) is 13.8 Å². The third kappa shape index (κ3) is 5.29. The summed E-state index contributed by atoms with van der Waals surface area (Å²) in [6.45, 7) is 3.61. The zero-order valence-electron chi connectivity index (χ0n) is 13.7. The van der Waals surface area contributed by atoms with Crippen molar-refractivity contribution in [1.29, 1.82) is 0 Å². The number of benzene rings is 2. The van der Waals surface area contributed by atoms with Gasteiger partial charge in [-0.1, -0.05) is 23.7 Å². The zero-order chi connectivity index (χ0) is 18.4. The molecule has 0 saturated carbocycles. The molecule has 0 bridgehead atoms. The molecular formula is C17H16ClN3O4. The summed E-state index contributed by atoms with van der Waals surface area (Å²) < 4.78 is 5.46. The van der Waals surface area contributed by atoms with Gasteiger partial charge in [-0.3, -0.25) is 14.9 Å². The number of carbonyl (C=O) groups excluding carboxylic acids is 1. The Labute approximate surface area is 149 Å². The van der Waals surface area contributed by atoms with Crippen molar-refractivity contribution in [3.05, 3.63) is 68.2 Å². The highest BCUT2D eigenvalue weighted by atomic mass is 35.5. The second kappa shape index (κ2) is 8.25. The Morgan fingerprint density at radius 2 is 2.08 bits per heavy atom. The third-order valence-electron chi connectivity index (χ3n) is 3.29. The van der Waals surface area contributed by atoms with E-state index >= 15 is 0 Å². The van der Waals surface area contributed by atoms with E-state index in [-0.39, 0.29) is 17.3 Å². The maximum Gasteiger partial charge on any atom is 0.277 e. The topological polar surface area (TPSA) is 93.8 Å². The lowest BCUT2D eigenvalue weighted by Crippen LogP contribution is -2.24. The summed E-state index contributed by atoms with van der Waals surface area (Å²) in [4.78, 5) is 22.0. The van der Waals surface area contributed by atoms with Crippen molar-refractivity contribution in [3.63, 3.8) is 0 Å². The van der Waals surface area contributed by atoms with Crippen molar-refractivity contribution in [2.75, 3.05) is 6.61 Å². The third-order valence-corrected chi connectivity index (χ3v) is 3.63. The Bertz CT molecular complexity index is 837. The van der Waals surface area contributed by atoms with Crippen molar-refractivity contribution in [1.82, 2.24) is 5.43 Å². The first kappa shape index (κ1) is 18.4. The van der Waals surface area contributed by atoms with Gasteiger partial charge in [0.2, 0.25) is 0 Å². The standard InChI is InChI=1S/C17H16ClN3O4/c1-11-3-4-12(2)16(7-11)25-10-17(22)20-19-9-13-8-14(21(23)24)5-6-15(13)18/h3-9H,10H2,1-2H3,(H,20,22)/b19-9-. The summed E-state index contributed by atoms with van der Waals surface area (Å²) in [5.74, 6) is 0.166. The number of ether oxygens (including phenoxy) is 1. The number of aryl methyl sites for hydroxylation is 2. The van der Waals surface area contributed by atoms with Gasteiger partial charge in [0.25, 0.3) is 11.6 Å². The van der Waals surface area contributed by atoms with Crippen LogP contribution < -0.4 is 10.2 Å². The number of nitro benzene ring substituents is 1. The lowest BCUT2D eigenvalue weighted by Gasteiger charge is -2.08. The maximum atomic E-state index is 11.8. The summed E-state index contributed by atoms with van der Waals surface area (Å²) in [6.07, 6.45) is 1.24. The fraction of sp³-hybridized carbons (Fsp3) is 0.176. The van der Waals surface area contributed by atoms with Crippen LogP contribution in [0, 0.1) is 24.0 Å². The predicted octanol–water partition coefficient (Wildman–Crippen LogP) is 3.39. The zero-order valence-corrected chi connectivity index (χ0v) is 14.4. The average molecular weight is 362 g/mol. The average Bonchev–Trinajstić information content (AvgIpc) is 2.57. The number of hydrogen-bond donors (Lipinski definition) is 1. The molecule has 0 aromatic heterocycles. The van der Waals surface area contributed by atoms with Crippen LogP contribution >= 0.6 is 11.6 Å². The van der Waals surface area contributed by atoms with Crippen LogP contribution in [-0.2, 0) is 4.79 Å². The van der Waals surface area contributed by atoms with E-state index in [4.69, 9.17) is 16.3 Å². The molecule has 1 amide bonds. The Kier molecular flexibility index (Phi) is 6.08. The van der Waals surface area contributed by atoms with Gasteiger partial charge in [0.05, 0.1) is 11.1 Å². The normalized spacial score (nSPS) is 10.7. The fourth-order valence-corrected chi connectivity index (χ4v) is 2.12. The van der Waals surface area contributed by atoms with E-state index in [0.29, 0.717) is 11.3 Å². The van der Waals surface area contributed by atoms with E-state index in [1.165, 1.54) is 24.4 Å². The van der Waals surface area contributed by atoms with Gasteiger partial charge in [-0.05, 0) is 37.1 Å². The number of hydrazone groups is 1. The minimum atomic E-state index is -0.537. The highest BCUT2D eigenvalue weighted by molar-refractivity contribution is 6.33. The highest BCUT2D eigenvalue weighted by Crippen LogP contribution is 2.20. The Balaban J connectivity index is 1.93. The molecule has 0 spiro atoms. The van der Waals surface area contributed by atoms with E-state index in [2.05, 4.69) is 10.5 Å². The minimum Gasteiger partial charge on any atom is -0.483 e. The summed E-state index contributed by atoms with van der Waals surface area (Å²) >= 11 is 5.94.